The van der Waals surface area contributed by atoms with E-state index in [4.69, 9.17) is 14.2 Å². The number of nitrogens with zero attached hydrogens (tertiary/aromatic N) is 1. The first-order valence-corrected chi connectivity index (χ1v) is 10.2. The lowest BCUT2D eigenvalue weighted by Gasteiger charge is -2.10. The van der Waals surface area contributed by atoms with Gasteiger partial charge in [0.1, 0.15) is 29.6 Å². The number of amides is 1. The van der Waals surface area contributed by atoms with E-state index in [1.165, 1.54) is 12.1 Å². The molecule has 8 nitrogen and oxygen atoms in total. The molecule has 0 saturated heterocycles. The highest BCUT2D eigenvalue weighted by Crippen LogP contribution is 2.28. The topological polar surface area (TPSA) is 94.7 Å². The number of methoxy groups -OCH3 is 2. The molecule has 0 aliphatic rings. The minimum atomic E-state index is -4.80. The van der Waals surface area contributed by atoms with E-state index in [-0.39, 0.29) is 18.0 Å². The molecular formula is C24H20F3N3O5. The van der Waals surface area contributed by atoms with Crippen LogP contribution in [0, 0.1) is 0 Å². The molecule has 0 unspecified atom stereocenters. The minimum Gasteiger partial charge on any atom is -0.497 e. The molecule has 1 heterocycles. The van der Waals surface area contributed by atoms with Crippen molar-refractivity contribution >= 4 is 22.6 Å². The monoisotopic (exact) mass is 487 g/mol. The Hall–Kier alpha value is -4.41. The Morgan fingerprint density at radius 2 is 1.57 bits per heavy atom. The largest absolute Gasteiger partial charge is 0.573 e. The van der Waals surface area contributed by atoms with Gasteiger partial charge >= 0.3 is 6.36 Å². The molecule has 4 rings (SSSR count). The highest BCUT2D eigenvalue weighted by molar-refractivity contribution is 6.08. The number of hydrogen-bond acceptors (Lipinski definition) is 6. The van der Waals surface area contributed by atoms with Crippen molar-refractivity contribution in [2.75, 3.05) is 19.5 Å². The van der Waals surface area contributed by atoms with Crippen LogP contribution in [0.25, 0.3) is 10.9 Å². The average Bonchev–Trinajstić information content (AvgIpc) is 3.23. The summed E-state index contributed by atoms with van der Waals surface area (Å²) >= 11 is 0. The van der Waals surface area contributed by atoms with Gasteiger partial charge in [-0.2, -0.15) is 5.10 Å². The first-order chi connectivity index (χ1) is 16.7. The maximum Gasteiger partial charge on any atom is 0.573 e. The summed E-state index contributed by atoms with van der Waals surface area (Å²) < 4.78 is 57.1. The molecular weight excluding hydrogens is 467 g/mol. The van der Waals surface area contributed by atoms with Crippen LogP contribution in [0.2, 0.25) is 0 Å². The lowest BCUT2D eigenvalue weighted by Crippen LogP contribution is -2.17. The minimum absolute atomic E-state index is 0.143. The van der Waals surface area contributed by atoms with Gasteiger partial charge in [0.05, 0.1) is 19.7 Å². The predicted molar refractivity (Wildman–Crippen MR) is 121 cm³/mol. The van der Waals surface area contributed by atoms with Gasteiger partial charge in [0.15, 0.2) is 5.82 Å². The van der Waals surface area contributed by atoms with Gasteiger partial charge in [-0.3, -0.25) is 9.89 Å². The number of hydrogen-bond donors (Lipinski definition) is 2. The molecule has 182 valence electrons. The number of carbonyl (C=O) groups excluding carboxylic acids is 1. The molecule has 1 aromatic heterocycles. The Kier molecular flexibility index (Phi) is 6.67. The molecule has 11 heteroatoms. The molecule has 3 aromatic carbocycles. The molecule has 0 radical (unpaired) electrons. The van der Waals surface area contributed by atoms with Gasteiger partial charge in [0, 0.05) is 23.1 Å². The quantitative estimate of drug-likeness (QED) is 0.350. The number of halogens is 3. The molecule has 35 heavy (non-hydrogen) atoms. The average molecular weight is 487 g/mol. The zero-order valence-electron chi connectivity index (χ0n) is 18.6. The number of anilines is 1. The van der Waals surface area contributed by atoms with Crippen LogP contribution < -0.4 is 24.3 Å². The predicted octanol–water partition coefficient (Wildman–Crippen LogP) is 5.31. The van der Waals surface area contributed by atoms with Crippen LogP contribution in [-0.2, 0) is 6.61 Å². The van der Waals surface area contributed by atoms with Gasteiger partial charge in [0.25, 0.3) is 5.91 Å². The second-order valence-corrected chi connectivity index (χ2v) is 7.32. The molecule has 0 aliphatic carbocycles. The van der Waals surface area contributed by atoms with E-state index in [0.717, 1.165) is 17.7 Å². The van der Waals surface area contributed by atoms with E-state index in [2.05, 4.69) is 20.3 Å². The summed E-state index contributed by atoms with van der Waals surface area (Å²) in [6.45, 7) is 0.269. The maximum atomic E-state index is 12.5. The van der Waals surface area contributed by atoms with Gasteiger partial charge in [-0.25, -0.2) is 0 Å². The molecule has 0 bridgehead atoms. The fourth-order valence-corrected chi connectivity index (χ4v) is 3.29. The Bertz CT molecular complexity index is 1310. The van der Waals surface area contributed by atoms with E-state index in [9.17, 15) is 18.0 Å². The lowest BCUT2D eigenvalue weighted by atomic mass is 10.2. The third-order valence-electron chi connectivity index (χ3n) is 4.93. The lowest BCUT2D eigenvalue weighted by molar-refractivity contribution is -0.274. The summed E-state index contributed by atoms with van der Waals surface area (Å²) in [5.41, 5.74) is 1.62. The van der Waals surface area contributed by atoms with Gasteiger partial charge in [-0.15, -0.1) is 13.2 Å². The number of rotatable bonds is 8. The fraction of sp³-hybridized carbons (Fsp3) is 0.167. The van der Waals surface area contributed by atoms with E-state index in [1.807, 2.05) is 12.1 Å². The van der Waals surface area contributed by atoms with Crippen molar-refractivity contribution in [3.8, 4) is 23.0 Å². The summed E-state index contributed by atoms with van der Waals surface area (Å²) in [5.74, 6) is 1.18. The standard InChI is InChI=1S/C24H20F3N3O5/c1-32-18-9-14(10-19(11-18)33-2)13-34-17-7-8-20-21(12-17)29-30-22(20)28-23(31)15-3-5-16(6-4-15)35-24(25,26)27/h3-12H,13H2,1-2H3,(H2,28,29,30,31). The smallest absolute Gasteiger partial charge is 0.497 e. The van der Waals surface area contributed by atoms with Crippen LogP contribution in [0.5, 0.6) is 23.0 Å². The number of fused-ring (bicyclic) bond motifs is 1. The molecule has 0 fully saturated rings. The second kappa shape index (κ2) is 9.84. The van der Waals surface area contributed by atoms with E-state index < -0.39 is 18.0 Å². The molecule has 2 N–H and O–H groups in total. The number of benzene rings is 3. The third-order valence-corrected chi connectivity index (χ3v) is 4.93. The first kappa shape index (κ1) is 23.7. The van der Waals surface area contributed by atoms with Crippen LogP contribution in [0.1, 0.15) is 15.9 Å². The summed E-state index contributed by atoms with van der Waals surface area (Å²) in [6.07, 6.45) is -4.80. The van der Waals surface area contributed by atoms with Crippen LogP contribution in [-0.4, -0.2) is 36.7 Å². The van der Waals surface area contributed by atoms with E-state index in [0.29, 0.717) is 28.2 Å². The molecule has 0 aliphatic heterocycles. The number of H-pyrrole nitrogens is 1. The number of ether oxygens (including phenoxy) is 4. The Balaban J connectivity index is 1.43. The highest BCUT2D eigenvalue weighted by atomic mass is 19.4. The van der Waals surface area contributed by atoms with E-state index >= 15 is 0 Å². The maximum absolute atomic E-state index is 12.5. The van der Waals surface area contributed by atoms with Gasteiger partial charge in [-0.05, 0) is 54.1 Å². The number of carbonyl (C=O) groups is 1. The summed E-state index contributed by atoms with van der Waals surface area (Å²) in [4.78, 5) is 12.5. The summed E-state index contributed by atoms with van der Waals surface area (Å²) in [6, 6.07) is 15.2. The zero-order chi connectivity index (χ0) is 25.0. The Morgan fingerprint density at radius 1 is 0.914 bits per heavy atom. The van der Waals surface area contributed by atoms with Gasteiger partial charge < -0.3 is 24.3 Å². The van der Waals surface area contributed by atoms with Crippen LogP contribution in [0.15, 0.2) is 60.7 Å². The molecule has 4 aromatic rings. The zero-order valence-corrected chi connectivity index (χ0v) is 18.6. The van der Waals surface area contributed by atoms with Crippen molar-refractivity contribution in [2.45, 2.75) is 13.0 Å². The number of aromatic nitrogens is 2. The Labute approximate surface area is 197 Å². The van der Waals surface area contributed by atoms with Crippen molar-refractivity contribution in [3.63, 3.8) is 0 Å². The van der Waals surface area contributed by atoms with Crippen molar-refractivity contribution in [1.82, 2.24) is 10.2 Å². The number of alkyl halides is 3. The Morgan fingerprint density at radius 3 is 2.20 bits per heavy atom. The fourth-order valence-electron chi connectivity index (χ4n) is 3.29. The first-order valence-electron chi connectivity index (χ1n) is 10.2. The normalized spacial score (nSPS) is 11.2. The number of aromatic amines is 1. The van der Waals surface area contributed by atoms with Crippen molar-refractivity contribution in [2.24, 2.45) is 0 Å². The summed E-state index contributed by atoms with van der Waals surface area (Å²) in [5, 5.41) is 10.2. The van der Waals surface area contributed by atoms with Crippen LogP contribution >= 0.6 is 0 Å². The molecule has 1 amide bonds. The van der Waals surface area contributed by atoms with Crippen molar-refractivity contribution in [1.29, 1.82) is 0 Å². The second-order valence-electron chi connectivity index (χ2n) is 7.32. The molecule has 0 saturated carbocycles. The summed E-state index contributed by atoms with van der Waals surface area (Å²) in [7, 11) is 3.14. The van der Waals surface area contributed by atoms with Crippen LogP contribution in [0.4, 0.5) is 19.0 Å². The van der Waals surface area contributed by atoms with Gasteiger partial charge in [0.2, 0.25) is 0 Å². The van der Waals surface area contributed by atoms with Crippen molar-refractivity contribution in [3.05, 3.63) is 71.8 Å². The van der Waals surface area contributed by atoms with Gasteiger partial charge in [-0.1, -0.05) is 0 Å². The highest BCUT2D eigenvalue weighted by Gasteiger charge is 2.31. The van der Waals surface area contributed by atoms with E-state index in [1.54, 1.807) is 38.5 Å². The van der Waals surface area contributed by atoms with Crippen molar-refractivity contribution < 1.29 is 36.9 Å². The van der Waals surface area contributed by atoms with Crippen LogP contribution in [0.3, 0.4) is 0 Å². The molecule has 0 spiro atoms. The number of nitrogens with one attached hydrogen (secondary N) is 2. The SMILES string of the molecule is COc1cc(COc2ccc3c(NC(=O)c4ccc(OC(F)(F)F)cc4)n[nH]c3c2)cc(OC)c1. The molecule has 0 atom stereocenters. The third kappa shape index (κ3) is 5.94.